The lowest BCUT2D eigenvalue weighted by atomic mass is 9.92. The van der Waals surface area contributed by atoms with Gasteiger partial charge in [0.1, 0.15) is 10.7 Å². The van der Waals surface area contributed by atoms with E-state index in [1.54, 1.807) is 11.3 Å². The first-order valence-corrected chi connectivity index (χ1v) is 9.31. The van der Waals surface area contributed by atoms with Crippen LogP contribution in [0.1, 0.15) is 48.4 Å². The molecule has 0 spiro atoms. The van der Waals surface area contributed by atoms with Crippen LogP contribution in [0, 0.1) is 13.8 Å². The third-order valence-electron chi connectivity index (χ3n) is 4.34. The summed E-state index contributed by atoms with van der Waals surface area (Å²) >= 11 is 1.58. The Balaban J connectivity index is 1.60. The van der Waals surface area contributed by atoms with Crippen LogP contribution in [0.5, 0.6) is 0 Å². The summed E-state index contributed by atoms with van der Waals surface area (Å²) in [4.78, 5) is 21.8. The van der Waals surface area contributed by atoms with Gasteiger partial charge >= 0.3 is 0 Å². The molecular weight excluding hydrogens is 334 g/mol. The van der Waals surface area contributed by atoms with Crippen molar-refractivity contribution >= 4 is 21.6 Å². The highest BCUT2D eigenvalue weighted by Gasteiger charge is 2.17. The molecule has 3 rings (SSSR count). The number of aryl methyl sites for hydroxylation is 2. The molecule has 0 saturated heterocycles. The molecule has 3 aromatic rings. The first kappa shape index (κ1) is 17.8. The van der Waals surface area contributed by atoms with Gasteiger partial charge in [0.2, 0.25) is 0 Å². The quantitative estimate of drug-likeness (QED) is 0.611. The number of aromatic nitrogens is 4. The van der Waals surface area contributed by atoms with E-state index >= 15 is 0 Å². The molecule has 0 saturated carbocycles. The van der Waals surface area contributed by atoms with Gasteiger partial charge in [-0.2, -0.15) is 5.10 Å². The molecule has 0 atom stereocenters. The van der Waals surface area contributed by atoms with Crippen molar-refractivity contribution in [2.45, 2.75) is 53.0 Å². The fraction of sp³-hybridized carbons (Fsp3) is 0.500. The molecule has 0 aliphatic carbocycles. The molecule has 0 amide bonds. The summed E-state index contributed by atoms with van der Waals surface area (Å²) in [6, 6.07) is 2.09. The van der Waals surface area contributed by atoms with Crippen molar-refractivity contribution in [3.05, 3.63) is 44.1 Å². The summed E-state index contributed by atoms with van der Waals surface area (Å²) in [5, 5.41) is 11.5. The minimum Gasteiger partial charge on any atom is -0.311 e. The van der Waals surface area contributed by atoms with Gasteiger partial charge in [-0.05, 0) is 25.5 Å². The average molecular weight is 359 g/mol. The second-order valence-electron chi connectivity index (χ2n) is 7.43. The van der Waals surface area contributed by atoms with Crippen molar-refractivity contribution in [1.82, 2.24) is 25.5 Å². The maximum absolute atomic E-state index is 12.3. The molecule has 7 heteroatoms. The molecule has 134 valence electrons. The third-order valence-corrected chi connectivity index (χ3v) is 5.44. The lowest BCUT2D eigenvalue weighted by Gasteiger charge is -2.13. The Hall–Kier alpha value is -1.99. The topological polar surface area (TPSA) is 86.5 Å². The van der Waals surface area contributed by atoms with Crippen molar-refractivity contribution in [3.8, 4) is 0 Å². The summed E-state index contributed by atoms with van der Waals surface area (Å²) in [5.74, 6) is 0.728. The van der Waals surface area contributed by atoms with Crippen LogP contribution in [-0.4, -0.2) is 26.7 Å². The van der Waals surface area contributed by atoms with Crippen LogP contribution in [0.3, 0.4) is 0 Å². The monoisotopic (exact) mass is 359 g/mol. The predicted molar refractivity (Wildman–Crippen MR) is 102 cm³/mol. The molecule has 0 radical (unpaired) electrons. The van der Waals surface area contributed by atoms with Gasteiger partial charge in [0.15, 0.2) is 0 Å². The highest BCUT2D eigenvalue weighted by Crippen LogP contribution is 2.25. The SMILES string of the molecule is Cc1sc2nc(CCNCc3cc(C(C)(C)C)n[nH]3)[nH]c(=O)c2c1C. The molecule has 0 fully saturated rings. The number of hydrogen-bond acceptors (Lipinski definition) is 5. The Morgan fingerprint density at radius 2 is 2.04 bits per heavy atom. The Bertz CT molecular complexity index is 945. The molecule has 3 N–H and O–H groups in total. The normalized spacial score (nSPS) is 12.2. The first-order valence-electron chi connectivity index (χ1n) is 8.50. The highest BCUT2D eigenvalue weighted by molar-refractivity contribution is 7.18. The lowest BCUT2D eigenvalue weighted by molar-refractivity contribution is 0.567. The summed E-state index contributed by atoms with van der Waals surface area (Å²) in [5.41, 5.74) is 3.16. The van der Waals surface area contributed by atoms with Crippen LogP contribution in [0.4, 0.5) is 0 Å². The molecule has 25 heavy (non-hydrogen) atoms. The fourth-order valence-electron chi connectivity index (χ4n) is 2.68. The minimum atomic E-state index is -0.0368. The Labute approximate surface area is 151 Å². The van der Waals surface area contributed by atoms with Crippen LogP contribution < -0.4 is 10.9 Å². The number of rotatable bonds is 5. The van der Waals surface area contributed by atoms with Gasteiger partial charge in [-0.15, -0.1) is 11.3 Å². The van der Waals surface area contributed by atoms with Gasteiger partial charge in [-0.25, -0.2) is 4.98 Å². The number of nitrogens with zero attached hydrogens (tertiary/aromatic N) is 2. The number of fused-ring (bicyclic) bond motifs is 1. The number of H-pyrrole nitrogens is 2. The molecule has 0 unspecified atom stereocenters. The zero-order valence-corrected chi connectivity index (χ0v) is 16.2. The van der Waals surface area contributed by atoms with Gasteiger partial charge < -0.3 is 10.3 Å². The van der Waals surface area contributed by atoms with E-state index in [-0.39, 0.29) is 11.0 Å². The Morgan fingerprint density at radius 3 is 2.72 bits per heavy atom. The van der Waals surface area contributed by atoms with Gasteiger partial charge in [-0.3, -0.25) is 9.89 Å². The summed E-state index contributed by atoms with van der Waals surface area (Å²) in [6.45, 7) is 11.9. The standard InChI is InChI=1S/C18H25N5OS/c1-10-11(2)25-17-15(10)16(24)20-14(21-17)6-7-19-9-12-8-13(23-22-12)18(3,4)5/h8,19H,6-7,9H2,1-5H3,(H,22,23)(H,20,21,24). The van der Waals surface area contributed by atoms with Gasteiger partial charge in [0.05, 0.1) is 11.1 Å². The Kier molecular flexibility index (Phi) is 4.79. The van der Waals surface area contributed by atoms with Gasteiger partial charge in [0, 0.05) is 35.5 Å². The molecule has 3 heterocycles. The average Bonchev–Trinajstić information content (AvgIpc) is 3.09. The zero-order valence-electron chi connectivity index (χ0n) is 15.4. The molecular formula is C18H25N5OS. The number of thiophene rings is 1. The Morgan fingerprint density at radius 1 is 1.28 bits per heavy atom. The van der Waals surface area contributed by atoms with Crippen LogP contribution in [-0.2, 0) is 18.4 Å². The van der Waals surface area contributed by atoms with Crippen molar-refractivity contribution < 1.29 is 0 Å². The fourth-order valence-corrected chi connectivity index (χ4v) is 3.73. The molecule has 6 nitrogen and oxygen atoms in total. The van der Waals surface area contributed by atoms with Crippen molar-refractivity contribution in [1.29, 1.82) is 0 Å². The zero-order chi connectivity index (χ0) is 18.2. The predicted octanol–water partition coefficient (Wildman–Crippen LogP) is 2.95. The summed E-state index contributed by atoms with van der Waals surface area (Å²) in [7, 11) is 0. The van der Waals surface area contributed by atoms with Crippen molar-refractivity contribution in [2.24, 2.45) is 0 Å². The van der Waals surface area contributed by atoms with E-state index in [2.05, 4.69) is 52.3 Å². The van der Waals surface area contributed by atoms with E-state index in [1.807, 2.05) is 13.8 Å². The van der Waals surface area contributed by atoms with Crippen LogP contribution in [0.15, 0.2) is 10.9 Å². The maximum Gasteiger partial charge on any atom is 0.259 e. The summed E-state index contributed by atoms with van der Waals surface area (Å²) in [6.07, 6.45) is 0.682. The van der Waals surface area contributed by atoms with E-state index in [9.17, 15) is 4.79 Å². The van der Waals surface area contributed by atoms with Crippen molar-refractivity contribution in [2.75, 3.05) is 6.54 Å². The van der Waals surface area contributed by atoms with Gasteiger partial charge in [-0.1, -0.05) is 20.8 Å². The van der Waals surface area contributed by atoms with E-state index < -0.39 is 0 Å². The van der Waals surface area contributed by atoms with Gasteiger partial charge in [0.25, 0.3) is 5.56 Å². The number of hydrogen-bond donors (Lipinski definition) is 3. The molecule has 0 bridgehead atoms. The van der Waals surface area contributed by atoms with Crippen molar-refractivity contribution in [3.63, 3.8) is 0 Å². The van der Waals surface area contributed by atoms with Crippen LogP contribution in [0.2, 0.25) is 0 Å². The van der Waals surface area contributed by atoms with E-state index in [0.717, 1.165) is 44.4 Å². The second kappa shape index (κ2) is 6.72. The number of aromatic amines is 2. The first-order chi connectivity index (χ1) is 11.8. The second-order valence-corrected chi connectivity index (χ2v) is 8.63. The largest absolute Gasteiger partial charge is 0.311 e. The molecule has 0 aliphatic rings. The molecule has 3 aromatic heterocycles. The van der Waals surface area contributed by atoms with E-state index in [1.165, 1.54) is 0 Å². The van der Waals surface area contributed by atoms with E-state index in [4.69, 9.17) is 0 Å². The maximum atomic E-state index is 12.3. The number of nitrogens with one attached hydrogen (secondary N) is 3. The molecule has 0 aliphatic heterocycles. The molecule has 0 aromatic carbocycles. The summed E-state index contributed by atoms with van der Waals surface area (Å²) < 4.78 is 0. The van der Waals surface area contributed by atoms with E-state index in [0.29, 0.717) is 13.0 Å². The lowest BCUT2D eigenvalue weighted by Crippen LogP contribution is -2.20. The smallest absolute Gasteiger partial charge is 0.259 e. The minimum absolute atomic E-state index is 0.0368. The third kappa shape index (κ3) is 3.82. The van der Waals surface area contributed by atoms with Crippen LogP contribution in [0.25, 0.3) is 10.2 Å². The highest BCUT2D eigenvalue weighted by atomic mass is 32.1. The van der Waals surface area contributed by atoms with Crippen LogP contribution >= 0.6 is 11.3 Å².